The number of nitrogens with one attached hydrogen (secondary N) is 2. The van der Waals surface area contributed by atoms with Gasteiger partial charge in [0.05, 0.1) is 17.3 Å². The van der Waals surface area contributed by atoms with Crippen LogP contribution < -0.4 is 11.1 Å². The van der Waals surface area contributed by atoms with E-state index < -0.39 is 30.1 Å². The number of rotatable bonds is 10. The minimum absolute atomic E-state index is 0.0350. The zero-order valence-corrected chi connectivity index (χ0v) is 26.8. The number of aromatic nitrogens is 4. The number of carbonyl (C=O) groups is 2. The molecule has 1 fully saturated rings. The number of halogens is 3. The minimum Gasteiger partial charge on any atom is -0.447 e. The lowest BCUT2D eigenvalue weighted by molar-refractivity contribution is -0.135. The molecule has 4 aromatic rings. The van der Waals surface area contributed by atoms with E-state index in [1.807, 2.05) is 20.8 Å². The van der Waals surface area contributed by atoms with Crippen molar-refractivity contribution in [1.29, 1.82) is 0 Å². The van der Waals surface area contributed by atoms with Gasteiger partial charge in [0.1, 0.15) is 12.4 Å². The molecule has 11 nitrogen and oxygen atoms in total. The maximum atomic E-state index is 14.8. The molecule has 0 radical (unpaired) electrons. The Kier molecular flexibility index (Phi) is 8.51. The Bertz CT molecular complexity index is 1800. The first-order valence-corrected chi connectivity index (χ1v) is 15.6. The van der Waals surface area contributed by atoms with Gasteiger partial charge in [-0.2, -0.15) is 13.9 Å². The summed E-state index contributed by atoms with van der Waals surface area (Å²) in [4.78, 5) is 41.1. The van der Waals surface area contributed by atoms with Crippen LogP contribution in [0.2, 0.25) is 5.02 Å². The Balaban J connectivity index is 1.38. The van der Waals surface area contributed by atoms with Gasteiger partial charge >= 0.3 is 12.6 Å². The first-order valence-electron chi connectivity index (χ1n) is 15.2. The second-order valence-electron chi connectivity index (χ2n) is 13.0. The number of alkyl halides is 2. The number of nitrogens with two attached hydrogens (primary N) is 1. The topological polar surface area (TPSA) is 144 Å². The van der Waals surface area contributed by atoms with Crippen molar-refractivity contribution in [2.24, 2.45) is 16.1 Å². The number of imidazole rings is 1. The summed E-state index contributed by atoms with van der Waals surface area (Å²) in [6.45, 7) is 3.03. The molecule has 0 bridgehead atoms. The highest BCUT2D eigenvalue weighted by Gasteiger charge is 2.53. The molecule has 246 valence electrons. The smallest absolute Gasteiger partial charge is 0.407 e. The molecule has 1 aliphatic heterocycles. The first kappa shape index (κ1) is 32.2. The van der Waals surface area contributed by atoms with Crippen LogP contribution in [0.5, 0.6) is 0 Å². The number of alkyl carbamates (subject to hydrolysis) is 1. The molecule has 1 aliphatic carbocycles. The van der Waals surface area contributed by atoms with Gasteiger partial charge in [0, 0.05) is 35.8 Å². The molecule has 2 aromatic heterocycles. The van der Waals surface area contributed by atoms with E-state index in [0.717, 1.165) is 12.8 Å². The van der Waals surface area contributed by atoms with Crippen molar-refractivity contribution >= 4 is 29.6 Å². The molecular formula is C33H35ClF2N8O3. The lowest BCUT2D eigenvalue weighted by atomic mass is 9.75. The van der Waals surface area contributed by atoms with Crippen LogP contribution in [-0.4, -0.2) is 55.3 Å². The van der Waals surface area contributed by atoms with Crippen molar-refractivity contribution in [3.05, 3.63) is 83.4 Å². The lowest BCUT2D eigenvalue weighted by Crippen LogP contribution is -2.47. The SMILES string of the molecule is CC(C)(C)C[C@]1(c2ccc(-c3cnn(C(F)F)c3)cc2)N=C(N)N(C(COC(=O)NC2CC2)c2ccc(Cl)c(-c3ncc[nH]3)c2)C1=O. The predicted octanol–water partition coefficient (Wildman–Crippen LogP) is 6.41. The summed E-state index contributed by atoms with van der Waals surface area (Å²) in [5.74, 6) is 0.0970. The largest absolute Gasteiger partial charge is 0.447 e. The number of benzene rings is 2. The molecule has 0 spiro atoms. The number of carbonyl (C=O) groups excluding carboxylic acids is 2. The molecule has 2 aliphatic rings. The van der Waals surface area contributed by atoms with Crippen molar-refractivity contribution in [2.75, 3.05) is 6.61 Å². The predicted molar refractivity (Wildman–Crippen MR) is 172 cm³/mol. The van der Waals surface area contributed by atoms with E-state index >= 15 is 0 Å². The summed E-state index contributed by atoms with van der Waals surface area (Å²) in [6, 6.07) is 11.4. The second kappa shape index (κ2) is 12.4. The van der Waals surface area contributed by atoms with Crippen molar-refractivity contribution in [1.82, 2.24) is 30.0 Å². The molecule has 1 saturated carbocycles. The van der Waals surface area contributed by atoms with Gasteiger partial charge in [0.2, 0.25) is 0 Å². The summed E-state index contributed by atoms with van der Waals surface area (Å²) in [7, 11) is 0. The van der Waals surface area contributed by atoms with Gasteiger partial charge in [-0.1, -0.05) is 62.7 Å². The number of guanidine groups is 1. The number of hydrogen-bond acceptors (Lipinski definition) is 7. The van der Waals surface area contributed by atoms with Crippen molar-refractivity contribution in [3.8, 4) is 22.5 Å². The number of H-pyrrole nitrogens is 1. The molecule has 2 amide bonds. The number of aromatic amines is 1. The van der Waals surface area contributed by atoms with Crippen molar-refractivity contribution < 1.29 is 23.1 Å². The molecule has 0 saturated heterocycles. The van der Waals surface area contributed by atoms with E-state index in [1.165, 1.54) is 17.3 Å². The van der Waals surface area contributed by atoms with Crippen LogP contribution >= 0.6 is 11.6 Å². The minimum atomic E-state index is -2.76. The fraction of sp³-hybridized carbons (Fsp3) is 0.364. The van der Waals surface area contributed by atoms with Crippen LogP contribution in [0.25, 0.3) is 22.5 Å². The molecule has 6 rings (SSSR count). The van der Waals surface area contributed by atoms with Crippen LogP contribution in [-0.2, 0) is 15.1 Å². The molecule has 2 aromatic carbocycles. The highest BCUT2D eigenvalue weighted by Crippen LogP contribution is 2.45. The molecule has 3 heterocycles. The van der Waals surface area contributed by atoms with Gasteiger partial charge in [0.15, 0.2) is 11.5 Å². The number of aliphatic imine (C=N–C) groups is 1. The normalized spacial score (nSPS) is 18.8. The number of hydrogen-bond donors (Lipinski definition) is 3. The Morgan fingerprint density at radius 3 is 2.55 bits per heavy atom. The van der Waals surface area contributed by atoms with E-state index in [4.69, 9.17) is 27.1 Å². The van der Waals surface area contributed by atoms with Gasteiger partial charge in [0.25, 0.3) is 5.91 Å². The zero-order chi connectivity index (χ0) is 33.5. The second-order valence-corrected chi connectivity index (χ2v) is 13.4. The molecule has 2 atom stereocenters. The van der Waals surface area contributed by atoms with Crippen LogP contribution in [0.3, 0.4) is 0 Å². The molecule has 14 heteroatoms. The van der Waals surface area contributed by atoms with Crippen LogP contribution in [0, 0.1) is 5.41 Å². The fourth-order valence-corrected chi connectivity index (χ4v) is 6.07. The number of nitrogens with zero attached hydrogens (tertiary/aromatic N) is 5. The quantitative estimate of drug-likeness (QED) is 0.179. The van der Waals surface area contributed by atoms with Crippen LogP contribution in [0.15, 0.2) is 72.2 Å². The number of ether oxygens (including phenoxy) is 1. The molecule has 4 N–H and O–H groups in total. The molecule has 1 unspecified atom stereocenters. The third kappa shape index (κ3) is 6.71. The lowest BCUT2D eigenvalue weighted by Gasteiger charge is -2.35. The summed E-state index contributed by atoms with van der Waals surface area (Å²) in [5, 5.41) is 6.97. The summed E-state index contributed by atoms with van der Waals surface area (Å²) in [6.07, 6.45) is 7.37. The van der Waals surface area contributed by atoms with Crippen LogP contribution in [0.1, 0.15) is 63.8 Å². The maximum absolute atomic E-state index is 14.8. The monoisotopic (exact) mass is 664 g/mol. The highest BCUT2D eigenvalue weighted by atomic mass is 35.5. The maximum Gasteiger partial charge on any atom is 0.407 e. The Morgan fingerprint density at radius 1 is 1.19 bits per heavy atom. The highest BCUT2D eigenvalue weighted by molar-refractivity contribution is 6.33. The Morgan fingerprint density at radius 2 is 1.94 bits per heavy atom. The van der Waals surface area contributed by atoms with Gasteiger partial charge in [-0.05, 0) is 53.5 Å². The number of amides is 2. The van der Waals surface area contributed by atoms with E-state index in [1.54, 1.807) is 54.9 Å². The Labute approximate surface area is 275 Å². The van der Waals surface area contributed by atoms with Crippen LogP contribution in [0.4, 0.5) is 13.6 Å². The van der Waals surface area contributed by atoms with E-state index in [-0.39, 0.29) is 24.0 Å². The van der Waals surface area contributed by atoms with Gasteiger partial charge in [-0.15, -0.1) is 0 Å². The van der Waals surface area contributed by atoms with Gasteiger partial charge in [-0.25, -0.2) is 19.5 Å². The zero-order valence-electron chi connectivity index (χ0n) is 26.1. The summed E-state index contributed by atoms with van der Waals surface area (Å²) < 4.78 is 32.5. The summed E-state index contributed by atoms with van der Waals surface area (Å²) in [5.41, 5.74) is 7.74. The average Bonchev–Trinajstić information content (AvgIpc) is 3.38. The third-order valence-corrected chi connectivity index (χ3v) is 8.45. The van der Waals surface area contributed by atoms with Crippen molar-refractivity contribution in [2.45, 2.75) is 64.2 Å². The van der Waals surface area contributed by atoms with E-state index in [0.29, 0.717) is 49.8 Å². The van der Waals surface area contributed by atoms with Gasteiger partial charge in [-0.3, -0.25) is 9.69 Å². The van der Waals surface area contributed by atoms with Gasteiger partial charge < -0.3 is 20.8 Å². The fourth-order valence-electron chi connectivity index (χ4n) is 5.86. The standard InChI is InChI=1S/C33H35ClF2N8O3/c1-32(2,3)18-33(22-7-4-19(5-8-22)21-15-40-43(16-21)29(35)36)28(45)44(30(37)42-33)26(17-47-31(46)41-23-9-10-23)20-6-11-25(34)24(14-20)27-38-12-13-39-27/h4-8,11-16,23,26,29H,9-10,17-18H2,1-3H3,(H2,37,42)(H,38,39)(H,41,46)/t26?,33-/m1/s1. The summed E-state index contributed by atoms with van der Waals surface area (Å²) >= 11 is 6.55. The Hall–Kier alpha value is -4.78. The van der Waals surface area contributed by atoms with Crippen molar-refractivity contribution in [3.63, 3.8) is 0 Å². The van der Waals surface area contributed by atoms with E-state index in [9.17, 15) is 18.4 Å². The third-order valence-electron chi connectivity index (χ3n) is 8.12. The molecular weight excluding hydrogens is 630 g/mol. The average molecular weight is 665 g/mol. The first-order chi connectivity index (χ1) is 22.3. The molecule has 47 heavy (non-hydrogen) atoms. The van der Waals surface area contributed by atoms with E-state index in [2.05, 4.69) is 20.4 Å².